The van der Waals surface area contributed by atoms with E-state index in [2.05, 4.69) is 15.1 Å². The Kier molecular flexibility index (Phi) is 2.47. The number of nitrogens with two attached hydrogens (primary N) is 1. The number of aryl methyl sites for hydroxylation is 2. The average molecular weight is 219 g/mol. The highest BCUT2D eigenvalue weighted by Crippen LogP contribution is 2.28. The Hall–Kier alpha value is -2.11. The maximum atomic E-state index is 5.65. The van der Waals surface area contributed by atoms with Gasteiger partial charge in [0, 0.05) is 19.4 Å². The summed E-state index contributed by atoms with van der Waals surface area (Å²) in [6, 6.07) is 0. The van der Waals surface area contributed by atoms with Gasteiger partial charge in [0.05, 0.1) is 5.69 Å². The lowest BCUT2D eigenvalue weighted by Crippen LogP contribution is -1.98. The first kappa shape index (κ1) is 10.4. The smallest absolute Gasteiger partial charge is 0.262 e. The van der Waals surface area contributed by atoms with Crippen molar-refractivity contribution in [3.05, 3.63) is 23.8 Å². The molecule has 0 amide bonds. The molecule has 2 aromatic heterocycles. The minimum atomic E-state index is 0.269. The lowest BCUT2D eigenvalue weighted by Gasteiger charge is -2.05. The van der Waals surface area contributed by atoms with Crippen LogP contribution in [0.3, 0.4) is 0 Å². The molecular weight excluding hydrogens is 206 g/mol. The van der Waals surface area contributed by atoms with Crippen LogP contribution in [0.25, 0.3) is 0 Å². The summed E-state index contributed by atoms with van der Waals surface area (Å²) in [6.45, 7) is 3.79. The largest absolute Gasteiger partial charge is 0.432 e. The van der Waals surface area contributed by atoms with E-state index >= 15 is 0 Å². The molecule has 0 saturated heterocycles. The Morgan fingerprint density at radius 1 is 1.25 bits per heavy atom. The summed E-state index contributed by atoms with van der Waals surface area (Å²) in [6.07, 6.45) is 3.05. The Morgan fingerprint density at radius 2 is 1.94 bits per heavy atom. The van der Waals surface area contributed by atoms with Crippen LogP contribution in [0.2, 0.25) is 0 Å². The van der Waals surface area contributed by atoms with E-state index in [0.717, 1.165) is 11.4 Å². The second kappa shape index (κ2) is 3.80. The van der Waals surface area contributed by atoms with E-state index < -0.39 is 0 Å². The van der Waals surface area contributed by atoms with Crippen LogP contribution in [0, 0.1) is 13.8 Å². The van der Waals surface area contributed by atoms with Gasteiger partial charge in [-0.2, -0.15) is 5.10 Å². The molecule has 84 valence electrons. The fraction of sp³-hybridized carbons (Fsp3) is 0.300. The summed E-state index contributed by atoms with van der Waals surface area (Å²) >= 11 is 0. The van der Waals surface area contributed by atoms with Crippen molar-refractivity contribution in [2.75, 3.05) is 5.73 Å². The molecule has 16 heavy (non-hydrogen) atoms. The van der Waals surface area contributed by atoms with Gasteiger partial charge in [-0.05, 0) is 13.8 Å². The minimum Gasteiger partial charge on any atom is -0.432 e. The highest BCUT2D eigenvalue weighted by molar-refractivity contribution is 5.44. The van der Waals surface area contributed by atoms with E-state index in [0.29, 0.717) is 11.6 Å². The molecule has 0 aromatic carbocycles. The number of rotatable bonds is 2. The molecule has 0 aliphatic heterocycles. The van der Waals surface area contributed by atoms with Crippen molar-refractivity contribution in [1.82, 2.24) is 19.7 Å². The second-order valence-electron chi connectivity index (χ2n) is 3.47. The molecule has 0 spiro atoms. The van der Waals surface area contributed by atoms with E-state index in [1.54, 1.807) is 4.68 Å². The summed E-state index contributed by atoms with van der Waals surface area (Å²) in [4.78, 5) is 7.92. The van der Waals surface area contributed by atoms with Crippen LogP contribution in [0.1, 0.15) is 11.4 Å². The number of anilines is 1. The van der Waals surface area contributed by atoms with Crippen LogP contribution in [0.15, 0.2) is 12.4 Å². The maximum Gasteiger partial charge on any atom is 0.262 e. The molecule has 0 atom stereocenters. The van der Waals surface area contributed by atoms with Crippen LogP contribution in [0.4, 0.5) is 5.82 Å². The normalized spacial score (nSPS) is 10.4. The van der Waals surface area contributed by atoms with Gasteiger partial charge in [-0.25, -0.2) is 9.97 Å². The van der Waals surface area contributed by atoms with Crippen LogP contribution in [0.5, 0.6) is 11.6 Å². The molecule has 0 radical (unpaired) electrons. The third-order valence-corrected chi connectivity index (χ3v) is 2.33. The van der Waals surface area contributed by atoms with Gasteiger partial charge in [0.2, 0.25) is 0 Å². The van der Waals surface area contributed by atoms with Crippen molar-refractivity contribution in [3.8, 4) is 11.6 Å². The van der Waals surface area contributed by atoms with Crippen molar-refractivity contribution in [2.24, 2.45) is 7.05 Å². The van der Waals surface area contributed by atoms with Crippen molar-refractivity contribution in [1.29, 1.82) is 0 Å². The number of hydrogen-bond acceptors (Lipinski definition) is 5. The van der Waals surface area contributed by atoms with Crippen LogP contribution < -0.4 is 10.5 Å². The fourth-order valence-corrected chi connectivity index (χ4v) is 1.41. The first-order valence-electron chi connectivity index (χ1n) is 4.84. The fourth-order valence-electron chi connectivity index (χ4n) is 1.41. The summed E-state index contributed by atoms with van der Waals surface area (Å²) in [5.41, 5.74) is 7.36. The molecule has 2 aromatic rings. The quantitative estimate of drug-likeness (QED) is 0.821. The zero-order valence-corrected chi connectivity index (χ0v) is 9.43. The molecule has 0 bridgehead atoms. The predicted octanol–water partition coefficient (Wildman–Crippen LogP) is 1.20. The molecule has 0 aliphatic rings. The molecule has 2 N–H and O–H groups in total. The van der Waals surface area contributed by atoms with Gasteiger partial charge in [-0.3, -0.25) is 4.68 Å². The van der Waals surface area contributed by atoms with E-state index in [4.69, 9.17) is 10.5 Å². The summed E-state index contributed by atoms with van der Waals surface area (Å²) in [5.74, 6) is 1.25. The first-order valence-corrected chi connectivity index (χ1v) is 4.84. The Morgan fingerprint density at radius 3 is 2.50 bits per heavy atom. The predicted molar refractivity (Wildman–Crippen MR) is 59.2 cm³/mol. The van der Waals surface area contributed by atoms with Gasteiger partial charge >= 0.3 is 0 Å². The van der Waals surface area contributed by atoms with Gasteiger partial charge < -0.3 is 10.5 Å². The molecule has 0 unspecified atom stereocenters. The SMILES string of the molecule is Cc1nn(C)c(C)c1Oc1nccnc1N. The standard InChI is InChI=1S/C10H13N5O/c1-6-8(7(2)15(3)14-6)16-10-9(11)12-4-5-13-10/h4-5H,1-3H3,(H2,11,12). The van der Waals surface area contributed by atoms with Gasteiger partial charge in [-0.1, -0.05) is 0 Å². The third-order valence-electron chi connectivity index (χ3n) is 2.33. The second-order valence-corrected chi connectivity index (χ2v) is 3.47. The molecule has 2 rings (SSSR count). The summed E-state index contributed by atoms with van der Waals surface area (Å²) in [7, 11) is 1.86. The number of aromatic nitrogens is 4. The molecule has 0 fully saturated rings. The monoisotopic (exact) mass is 219 g/mol. The zero-order chi connectivity index (χ0) is 11.7. The molecular formula is C10H13N5O. The number of ether oxygens (including phenoxy) is 1. The number of nitrogen functional groups attached to an aromatic ring is 1. The summed E-state index contributed by atoms with van der Waals surface area (Å²) < 4.78 is 7.36. The topological polar surface area (TPSA) is 78.8 Å². The van der Waals surface area contributed by atoms with Gasteiger partial charge in [0.1, 0.15) is 5.69 Å². The van der Waals surface area contributed by atoms with Crippen molar-refractivity contribution in [3.63, 3.8) is 0 Å². The van der Waals surface area contributed by atoms with E-state index in [9.17, 15) is 0 Å². The van der Waals surface area contributed by atoms with Crippen molar-refractivity contribution >= 4 is 5.82 Å². The van der Waals surface area contributed by atoms with Gasteiger partial charge in [0.15, 0.2) is 11.6 Å². The Bertz CT molecular complexity index is 520. The average Bonchev–Trinajstić information content (AvgIpc) is 2.48. The van der Waals surface area contributed by atoms with E-state index in [1.807, 2.05) is 20.9 Å². The van der Waals surface area contributed by atoms with Crippen molar-refractivity contribution in [2.45, 2.75) is 13.8 Å². The first-order chi connectivity index (χ1) is 7.59. The lowest BCUT2D eigenvalue weighted by molar-refractivity contribution is 0.455. The summed E-state index contributed by atoms with van der Waals surface area (Å²) in [5, 5.41) is 4.24. The van der Waals surface area contributed by atoms with Crippen molar-refractivity contribution < 1.29 is 4.74 Å². The molecule has 0 aliphatic carbocycles. The molecule has 6 heteroatoms. The van der Waals surface area contributed by atoms with Gasteiger partial charge in [0.25, 0.3) is 5.88 Å². The van der Waals surface area contributed by atoms with Crippen LogP contribution in [-0.2, 0) is 7.05 Å². The number of hydrogen-bond donors (Lipinski definition) is 1. The third kappa shape index (κ3) is 1.69. The zero-order valence-electron chi connectivity index (χ0n) is 9.43. The molecule has 6 nitrogen and oxygen atoms in total. The van der Waals surface area contributed by atoms with Crippen LogP contribution in [-0.4, -0.2) is 19.7 Å². The molecule has 2 heterocycles. The van der Waals surface area contributed by atoms with Gasteiger partial charge in [-0.15, -0.1) is 0 Å². The van der Waals surface area contributed by atoms with E-state index in [-0.39, 0.29) is 5.82 Å². The van der Waals surface area contributed by atoms with Crippen LogP contribution >= 0.6 is 0 Å². The Labute approximate surface area is 93.1 Å². The van der Waals surface area contributed by atoms with E-state index in [1.165, 1.54) is 12.4 Å². The highest BCUT2D eigenvalue weighted by Gasteiger charge is 2.13. The maximum absolute atomic E-state index is 5.65. The lowest BCUT2D eigenvalue weighted by atomic mass is 10.3. The molecule has 0 saturated carbocycles. The number of nitrogens with zero attached hydrogens (tertiary/aromatic N) is 4. The highest BCUT2D eigenvalue weighted by atomic mass is 16.5. The Balaban J connectivity index is 2.38. The minimum absolute atomic E-state index is 0.269.